The van der Waals surface area contributed by atoms with Crippen LogP contribution in [0.5, 0.6) is 0 Å². The summed E-state index contributed by atoms with van der Waals surface area (Å²) in [6.07, 6.45) is 2.55. The number of hydrogen-bond acceptors (Lipinski definition) is 3. The molecule has 0 amide bonds. The zero-order valence-electron chi connectivity index (χ0n) is 11.7. The molecule has 0 fully saturated rings. The Hall–Kier alpha value is -0.800. The molecule has 1 heterocycles. The Kier molecular flexibility index (Phi) is 5.46. The number of hydrogen-bond donors (Lipinski definition) is 0. The number of carbonyl (C=O) groups excluding carboxylic acids is 1. The van der Waals surface area contributed by atoms with Crippen LogP contribution in [-0.2, 0) is 16.0 Å². The Bertz CT molecular complexity index is 431. The molecule has 0 N–H and O–H groups in total. The van der Waals surface area contributed by atoms with Crippen molar-refractivity contribution in [1.29, 1.82) is 0 Å². The quantitative estimate of drug-likeness (QED) is 0.792. The van der Waals surface area contributed by atoms with Crippen LogP contribution in [0.1, 0.15) is 43.9 Å². The fourth-order valence-electron chi connectivity index (χ4n) is 2.26. The first-order valence-corrected chi connectivity index (χ1v) is 8.08. The summed E-state index contributed by atoms with van der Waals surface area (Å²) in [6.45, 7) is 5.06. The number of ether oxygens (including phenoxy) is 1. The van der Waals surface area contributed by atoms with E-state index in [1.807, 2.05) is 6.07 Å². The summed E-state index contributed by atoms with van der Waals surface area (Å²) in [6, 6.07) is 8.32. The van der Waals surface area contributed by atoms with Crippen molar-refractivity contribution in [3.63, 3.8) is 0 Å². The second-order valence-electron chi connectivity index (χ2n) is 5.08. The van der Waals surface area contributed by atoms with Crippen molar-refractivity contribution in [1.82, 2.24) is 0 Å². The zero-order valence-corrected chi connectivity index (χ0v) is 12.5. The van der Waals surface area contributed by atoms with E-state index >= 15 is 0 Å². The Morgan fingerprint density at radius 2 is 2.26 bits per heavy atom. The molecule has 104 valence electrons. The highest BCUT2D eigenvalue weighted by Crippen LogP contribution is 2.30. The summed E-state index contributed by atoms with van der Waals surface area (Å²) in [5.41, 5.74) is 2.54. The normalized spacial score (nSPS) is 19.8. The van der Waals surface area contributed by atoms with Gasteiger partial charge >= 0.3 is 0 Å². The van der Waals surface area contributed by atoms with E-state index in [2.05, 4.69) is 32.0 Å². The van der Waals surface area contributed by atoms with Gasteiger partial charge in [0, 0.05) is 11.7 Å². The Labute approximate surface area is 119 Å². The van der Waals surface area contributed by atoms with Gasteiger partial charge in [-0.25, -0.2) is 0 Å². The molecule has 3 heteroatoms. The summed E-state index contributed by atoms with van der Waals surface area (Å²) in [5.74, 6) is 0.906. The van der Waals surface area contributed by atoms with Gasteiger partial charge in [0.15, 0.2) is 0 Å². The van der Waals surface area contributed by atoms with Crippen LogP contribution in [-0.4, -0.2) is 23.4 Å². The van der Waals surface area contributed by atoms with Gasteiger partial charge in [-0.3, -0.25) is 4.79 Å². The molecular formula is C16H22O2S. The van der Waals surface area contributed by atoms with Gasteiger partial charge in [0.05, 0.1) is 18.5 Å². The maximum Gasteiger partial charge on any atom is 0.145 e. The van der Waals surface area contributed by atoms with E-state index in [0.717, 1.165) is 19.4 Å². The van der Waals surface area contributed by atoms with E-state index in [0.29, 0.717) is 23.2 Å². The molecule has 0 bridgehead atoms. The molecule has 0 saturated heterocycles. The van der Waals surface area contributed by atoms with Crippen molar-refractivity contribution >= 4 is 17.5 Å². The van der Waals surface area contributed by atoms with Gasteiger partial charge in [-0.2, -0.15) is 11.8 Å². The van der Waals surface area contributed by atoms with Gasteiger partial charge in [-0.15, -0.1) is 0 Å². The van der Waals surface area contributed by atoms with E-state index in [4.69, 9.17) is 4.74 Å². The molecule has 2 unspecified atom stereocenters. The lowest BCUT2D eigenvalue weighted by atomic mass is 9.95. The highest BCUT2D eigenvalue weighted by Gasteiger charge is 2.23. The fourth-order valence-corrected chi connectivity index (χ4v) is 3.09. The first-order valence-electron chi connectivity index (χ1n) is 7.03. The second kappa shape index (κ2) is 7.11. The summed E-state index contributed by atoms with van der Waals surface area (Å²) >= 11 is 1.75. The zero-order chi connectivity index (χ0) is 13.7. The minimum Gasteiger partial charge on any atom is -0.373 e. The van der Waals surface area contributed by atoms with E-state index in [1.54, 1.807) is 11.8 Å². The van der Waals surface area contributed by atoms with Crippen LogP contribution in [0.15, 0.2) is 24.3 Å². The summed E-state index contributed by atoms with van der Waals surface area (Å²) < 4.78 is 5.78. The lowest BCUT2D eigenvalue weighted by Crippen LogP contribution is -2.20. The molecule has 1 aromatic rings. The monoisotopic (exact) mass is 278 g/mol. The molecule has 2 nitrogen and oxygen atoms in total. The highest BCUT2D eigenvalue weighted by atomic mass is 32.2. The van der Waals surface area contributed by atoms with Crippen LogP contribution in [0.3, 0.4) is 0 Å². The van der Waals surface area contributed by atoms with Crippen molar-refractivity contribution in [2.24, 2.45) is 0 Å². The lowest BCUT2D eigenvalue weighted by molar-refractivity contribution is -0.119. The topological polar surface area (TPSA) is 26.3 Å². The number of rotatable bonds is 6. The average Bonchev–Trinajstić information content (AvgIpc) is 2.45. The SMILES string of the molecule is CCC(C)SCC(=O)CC1OCCc2ccccc21. The predicted molar refractivity (Wildman–Crippen MR) is 80.7 cm³/mol. The first-order chi connectivity index (χ1) is 9.20. The van der Waals surface area contributed by atoms with Gasteiger partial charge in [0.1, 0.15) is 5.78 Å². The molecule has 0 spiro atoms. The molecule has 1 aliphatic rings. The third-order valence-electron chi connectivity index (χ3n) is 3.61. The maximum absolute atomic E-state index is 12.0. The van der Waals surface area contributed by atoms with Crippen LogP contribution in [0.25, 0.3) is 0 Å². The minimum atomic E-state index is -0.0324. The van der Waals surface area contributed by atoms with Crippen LogP contribution >= 0.6 is 11.8 Å². The largest absolute Gasteiger partial charge is 0.373 e. The van der Waals surface area contributed by atoms with Crippen molar-refractivity contribution in [3.05, 3.63) is 35.4 Å². The predicted octanol–water partition coefficient (Wildman–Crippen LogP) is 3.79. The number of benzene rings is 1. The maximum atomic E-state index is 12.0. The number of fused-ring (bicyclic) bond motifs is 1. The smallest absolute Gasteiger partial charge is 0.145 e. The molecule has 0 aliphatic carbocycles. The molecule has 19 heavy (non-hydrogen) atoms. The second-order valence-corrected chi connectivity index (χ2v) is 6.51. The van der Waals surface area contributed by atoms with Crippen LogP contribution in [0.2, 0.25) is 0 Å². The number of thioether (sulfide) groups is 1. The van der Waals surface area contributed by atoms with Crippen molar-refractivity contribution in [2.45, 2.75) is 44.5 Å². The summed E-state index contributed by atoms with van der Waals surface area (Å²) in [4.78, 5) is 12.0. The van der Waals surface area contributed by atoms with E-state index in [9.17, 15) is 4.79 Å². The molecule has 1 aromatic carbocycles. The first kappa shape index (κ1) is 14.6. The Balaban J connectivity index is 1.91. The van der Waals surface area contributed by atoms with E-state index in [1.165, 1.54) is 11.1 Å². The van der Waals surface area contributed by atoms with Gasteiger partial charge in [0.25, 0.3) is 0 Å². The van der Waals surface area contributed by atoms with Crippen LogP contribution < -0.4 is 0 Å². The fraction of sp³-hybridized carbons (Fsp3) is 0.562. The van der Waals surface area contributed by atoms with E-state index in [-0.39, 0.29) is 6.10 Å². The Morgan fingerprint density at radius 3 is 3.05 bits per heavy atom. The van der Waals surface area contributed by atoms with Crippen molar-refractivity contribution in [3.8, 4) is 0 Å². The summed E-state index contributed by atoms with van der Waals surface area (Å²) in [5, 5.41) is 0.559. The average molecular weight is 278 g/mol. The standard InChI is InChI=1S/C16H22O2S/c1-3-12(2)19-11-14(17)10-16-15-7-5-4-6-13(15)8-9-18-16/h4-7,12,16H,3,8-11H2,1-2H3. The van der Waals surface area contributed by atoms with Crippen LogP contribution in [0.4, 0.5) is 0 Å². The molecule has 2 rings (SSSR count). The number of Topliss-reactive ketones (excluding diaryl/α,β-unsaturated/α-hetero) is 1. The summed E-state index contributed by atoms with van der Waals surface area (Å²) in [7, 11) is 0. The third kappa shape index (κ3) is 4.08. The molecule has 0 radical (unpaired) electrons. The molecule has 2 atom stereocenters. The van der Waals surface area contributed by atoms with Crippen LogP contribution in [0, 0.1) is 0 Å². The minimum absolute atomic E-state index is 0.0324. The highest BCUT2D eigenvalue weighted by molar-refractivity contribution is 8.00. The lowest BCUT2D eigenvalue weighted by Gasteiger charge is -2.25. The van der Waals surface area contributed by atoms with Gasteiger partial charge < -0.3 is 4.74 Å². The van der Waals surface area contributed by atoms with E-state index < -0.39 is 0 Å². The van der Waals surface area contributed by atoms with Gasteiger partial charge in [0.2, 0.25) is 0 Å². The number of carbonyl (C=O) groups is 1. The number of ketones is 1. The van der Waals surface area contributed by atoms with Gasteiger partial charge in [-0.05, 0) is 24.0 Å². The molecule has 0 saturated carbocycles. The third-order valence-corrected chi connectivity index (χ3v) is 5.00. The molecular weight excluding hydrogens is 256 g/mol. The van der Waals surface area contributed by atoms with Gasteiger partial charge in [-0.1, -0.05) is 38.1 Å². The van der Waals surface area contributed by atoms with Crippen molar-refractivity contribution < 1.29 is 9.53 Å². The Morgan fingerprint density at radius 1 is 1.47 bits per heavy atom. The van der Waals surface area contributed by atoms with Crippen molar-refractivity contribution in [2.75, 3.05) is 12.4 Å². The molecule has 1 aliphatic heterocycles. The molecule has 0 aromatic heterocycles.